The summed E-state index contributed by atoms with van der Waals surface area (Å²) in [6.07, 6.45) is 3.57. The molecule has 1 aromatic heterocycles. The van der Waals surface area contributed by atoms with Gasteiger partial charge in [-0.05, 0) is 39.7 Å². The van der Waals surface area contributed by atoms with Gasteiger partial charge in [0.2, 0.25) is 0 Å². The number of alkyl carbamates (subject to hydrolysis) is 1. The molecule has 1 unspecified atom stereocenters. The van der Waals surface area contributed by atoms with Crippen LogP contribution in [-0.4, -0.2) is 89.5 Å². The highest BCUT2D eigenvalue weighted by molar-refractivity contribution is 6.41. The molecule has 2 saturated heterocycles. The number of benzene rings is 1. The number of ether oxygens (including phenoxy) is 2. The van der Waals surface area contributed by atoms with Crippen molar-refractivity contribution in [2.45, 2.75) is 57.1 Å². The van der Waals surface area contributed by atoms with Crippen LogP contribution >= 0.6 is 0 Å². The zero-order chi connectivity index (χ0) is 28.9. The van der Waals surface area contributed by atoms with E-state index in [9.17, 15) is 24.9 Å². The Kier molecular flexibility index (Phi) is 9.20. The van der Waals surface area contributed by atoms with Crippen LogP contribution in [0.25, 0.3) is 10.8 Å². The van der Waals surface area contributed by atoms with Gasteiger partial charge in [-0.25, -0.2) is 4.79 Å². The van der Waals surface area contributed by atoms with E-state index in [1.165, 1.54) is 6.26 Å². The van der Waals surface area contributed by atoms with Crippen LogP contribution in [0.3, 0.4) is 0 Å². The Labute approximate surface area is 234 Å². The standard InChI is InChI=1S/C28H37BN4O7/c1-27(2,32-11-13-38-14-12-32)15-21(17-30)25(34)33-10-6-9-28(33,3)19-40-26(35)31-23(16-29(36)37)24-22-8-5-4-7-20(22)18-39-24/h4-5,7-8,15,18,23,36-37H,6,9-14,16,19H2,1-3H3,(H,31,35)/t23?,28-/m1/s1. The SMILES string of the molecule is CC(C)(C=C(C#N)C(=O)N1CCC[C@]1(C)COC(=O)NC(CB(O)O)c1occ2ccccc12)N1CCOCC1. The molecule has 40 heavy (non-hydrogen) atoms. The van der Waals surface area contributed by atoms with E-state index in [2.05, 4.69) is 16.3 Å². The first-order valence-electron chi connectivity index (χ1n) is 13.6. The van der Waals surface area contributed by atoms with Gasteiger partial charge >= 0.3 is 13.2 Å². The van der Waals surface area contributed by atoms with Crippen molar-refractivity contribution in [3.8, 4) is 6.07 Å². The highest BCUT2D eigenvalue weighted by atomic mass is 16.6. The number of hydrogen-bond donors (Lipinski definition) is 3. The largest absolute Gasteiger partial charge is 0.466 e. The van der Waals surface area contributed by atoms with Crippen molar-refractivity contribution in [1.29, 1.82) is 5.26 Å². The van der Waals surface area contributed by atoms with Crippen LogP contribution in [0, 0.1) is 11.3 Å². The minimum Gasteiger partial charge on any atom is -0.466 e. The molecule has 214 valence electrons. The summed E-state index contributed by atoms with van der Waals surface area (Å²) in [5.74, 6) is -0.00704. The van der Waals surface area contributed by atoms with Gasteiger partial charge in [0.15, 0.2) is 0 Å². The molecule has 11 nitrogen and oxygen atoms in total. The molecule has 2 aliphatic rings. The number of nitriles is 1. The van der Waals surface area contributed by atoms with Crippen LogP contribution in [0.4, 0.5) is 4.79 Å². The zero-order valence-electron chi connectivity index (χ0n) is 23.3. The van der Waals surface area contributed by atoms with Gasteiger partial charge in [-0.15, -0.1) is 0 Å². The lowest BCUT2D eigenvalue weighted by molar-refractivity contribution is -0.131. The van der Waals surface area contributed by atoms with Gasteiger partial charge in [0.25, 0.3) is 5.91 Å². The van der Waals surface area contributed by atoms with Crippen LogP contribution in [0.2, 0.25) is 6.32 Å². The van der Waals surface area contributed by atoms with E-state index in [0.29, 0.717) is 51.4 Å². The minimum absolute atomic E-state index is 0.0516. The number of carbonyl (C=O) groups excluding carboxylic acids is 2. The zero-order valence-corrected chi connectivity index (χ0v) is 23.3. The van der Waals surface area contributed by atoms with Crippen molar-refractivity contribution in [3.05, 3.63) is 47.9 Å². The molecule has 0 radical (unpaired) electrons. The highest BCUT2D eigenvalue weighted by Crippen LogP contribution is 2.32. The monoisotopic (exact) mass is 552 g/mol. The third kappa shape index (κ3) is 6.67. The minimum atomic E-state index is -1.69. The van der Waals surface area contributed by atoms with Gasteiger partial charge in [-0.3, -0.25) is 9.69 Å². The van der Waals surface area contributed by atoms with E-state index in [0.717, 1.165) is 10.8 Å². The maximum Gasteiger partial charge on any atom is 0.454 e. The Morgan fingerprint density at radius 2 is 2.00 bits per heavy atom. The molecule has 2 amide bonds. The van der Waals surface area contributed by atoms with Crippen LogP contribution in [0.5, 0.6) is 0 Å². The van der Waals surface area contributed by atoms with E-state index < -0.39 is 36.2 Å². The van der Waals surface area contributed by atoms with Gasteiger partial charge < -0.3 is 34.2 Å². The van der Waals surface area contributed by atoms with Crippen LogP contribution in [0.1, 0.15) is 45.4 Å². The smallest absolute Gasteiger partial charge is 0.454 e. The summed E-state index contributed by atoms with van der Waals surface area (Å²) in [7, 11) is -1.69. The molecule has 2 atom stereocenters. The van der Waals surface area contributed by atoms with Crippen molar-refractivity contribution in [1.82, 2.24) is 15.1 Å². The number of rotatable bonds is 9. The summed E-state index contributed by atoms with van der Waals surface area (Å²) in [5.41, 5.74) is -1.27. The summed E-state index contributed by atoms with van der Waals surface area (Å²) in [6, 6.07) is 8.59. The van der Waals surface area contributed by atoms with E-state index in [-0.39, 0.29) is 18.5 Å². The van der Waals surface area contributed by atoms with Crippen molar-refractivity contribution >= 4 is 29.9 Å². The quantitative estimate of drug-likeness (QED) is 0.243. The number of hydrogen-bond acceptors (Lipinski definition) is 9. The highest BCUT2D eigenvalue weighted by Gasteiger charge is 2.42. The lowest BCUT2D eigenvalue weighted by Crippen LogP contribution is -2.51. The molecule has 2 aliphatic heterocycles. The van der Waals surface area contributed by atoms with Crippen molar-refractivity contribution < 1.29 is 33.5 Å². The number of likely N-dealkylation sites (tertiary alicyclic amines) is 1. The molecule has 0 spiro atoms. The number of carbonyl (C=O) groups is 2. The van der Waals surface area contributed by atoms with E-state index in [4.69, 9.17) is 13.9 Å². The molecule has 2 fully saturated rings. The number of nitrogens with zero attached hydrogens (tertiary/aromatic N) is 3. The summed E-state index contributed by atoms with van der Waals surface area (Å²) < 4.78 is 16.7. The number of amides is 2. The molecular weight excluding hydrogens is 515 g/mol. The Morgan fingerprint density at radius 1 is 1.27 bits per heavy atom. The average Bonchev–Trinajstić information content (AvgIpc) is 3.54. The third-order valence-electron chi connectivity index (χ3n) is 7.78. The number of morpholine rings is 1. The van der Waals surface area contributed by atoms with Gasteiger partial charge in [0.1, 0.15) is 24.0 Å². The lowest BCUT2D eigenvalue weighted by atomic mass is 9.80. The number of nitrogens with one attached hydrogen (secondary N) is 1. The number of furan rings is 1. The Morgan fingerprint density at radius 3 is 2.70 bits per heavy atom. The van der Waals surface area contributed by atoms with Crippen LogP contribution in [0.15, 0.2) is 46.6 Å². The maximum absolute atomic E-state index is 13.5. The first-order chi connectivity index (χ1) is 19.0. The molecule has 2 aromatic rings. The molecule has 3 N–H and O–H groups in total. The van der Waals surface area contributed by atoms with E-state index in [1.54, 1.807) is 11.0 Å². The second-order valence-electron chi connectivity index (χ2n) is 11.2. The Bertz CT molecular complexity index is 1280. The molecular formula is C28H37BN4O7. The van der Waals surface area contributed by atoms with Gasteiger partial charge in [0.05, 0.1) is 31.1 Å². The summed E-state index contributed by atoms with van der Waals surface area (Å²) in [5, 5.41) is 33.4. The van der Waals surface area contributed by atoms with Crippen LogP contribution < -0.4 is 5.32 Å². The first kappa shape index (κ1) is 29.6. The Hall–Kier alpha value is -3.37. The van der Waals surface area contributed by atoms with Crippen molar-refractivity contribution in [2.75, 3.05) is 39.5 Å². The van der Waals surface area contributed by atoms with Crippen molar-refractivity contribution in [2.24, 2.45) is 0 Å². The van der Waals surface area contributed by atoms with Gasteiger partial charge in [0, 0.05) is 42.3 Å². The molecule has 4 rings (SSSR count). The summed E-state index contributed by atoms with van der Waals surface area (Å²) >= 11 is 0. The molecule has 0 saturated carbocycles. The lowest BCUT2D eigenvalue weighted by Gasteiger charge is -2.39. The topological polar surface area (TPSA) is 149 Å². The molecule has 0 bridgehead atoms. The second-order valence-corrected chi connectivity index (χ2v) is 11.2. The summed E-state index contributed by atoms with van der Waals surface area (Å²) in [6.45, 7) is 8.76. The van der Waals surface area contributed by atoms with Gasteiger partial charge in [-0.1, -0.05) is 24.3 Å². The predicted octanol–water partition coefficient (Wildman–Crippen LogP) is 2.61. The fraction of sp³-hybridized carbons (Fsp3) is 0.536. The molecule has 1 aromatic carbocycles. The fourth-order valence-corrected chi connectivity index (χ4v) is 5.52. The van der Waals surface area contributed by atoms with Crippen LogP contribution in [-0.2, 0) is 14.3 Å². The predicted molar refractivity (Wildman–Crippen MR) is 148 cm³/mol. The first-order valence-corrected chi connectivity index (χ1v) is 13.6. The van der Waals surface area contributed by atoms with E-state index in [1.807, 2.05) is 45.0 Å². The summed E-state index contributed by atoms with van der Waals surface area (Å²) in [4.78, 5) is 30.2. The molecule has 12 heteroatoms. The third-order valence-corrected chi connectivity index (χ3v) is 7.78. The maximum atomic E-state index is 13.5. The van der Waals surface area contributed by atoms with E-state index >= 15 is 0 Å². The van der Waals surface area contributed by atoms with Crippen molar-refractivity contribution in [3.63, 3.8) is 0 Å². The molecule has 0 aliphatic carbocycles. The Balaban J connectivity index is 1.44. The second kappa shape index (κ2) is 12.4. The van der Waals surface area contributed by atoms with Gasteiger partial charge in [-0.2, -0.15) is 5.26 Å². The fourth-order valence-electron chi connectivity index (χ4n) is 5.52. The molecule has 3 heterocycles. The normalized spacial score (nSPS) is 21.2. The average molecular weight is 552 g/mol. The number of fused-ring (bicyclic) bond motifs is 1.